The van der Waals surface area contributed by atoms with Gasteiger partial charge in [-0.15, -0.1) is 11.3 Å². The highest BCUT2D eigenvalue weighted by atomic mass is 32.1. The summed E-state index contributed by atoms with van der Waals surface area (Å²) in [6.45, 7) is 2.18. The molecule has 0 spiro atoms. The Kier molecular flexibility index (Phi) is 4.89. The van der Waals surface area contributed by atoms with Crippen LogP contribution in [0.2, 0.25) is 0 Å². The molecule has 3 aromatic rings. The molecule has 0 saturated heterocycles. The molecule has 0 fully saturated rings. The Morgan fingerprint density at radius 3 is 2.64 bits per heavy atom. The van der Waals surface area contributed by atoms with Crippen molar-refractivity contribution in [3.05, 3.63) is 64.1 Å². The van der Waals surface area contributed by atoms with Gasteiger partial charge in [-0.1, -0.05) is 6.07 Å². The molecule has 0 aromatic carbocycles. The minimum atomic E-state index is -4.53. The Bertz CT molecular complexity index is 851. The Labute approximate surface area is 145 Å². The summed E-state index contributed by atoms with van der Waals surface area (Å²) in [5.74, 6) is 0.499. The number of nitrogens with zero attached hydrogens (tertiary/aromatic N) is 2. The SMILES string of the molecule is Cc1cc(OCc2cccs2)nc(Oc2ccnc(C(F)(F)F)c2)c1. The minimum absolute atomic E-state index is 0.00429. The number of aryl methyl sites for hydroxylation is 1. The summed E-state index contributed by atoms with van der Waals surface area (Å²) in [4.78, 5) is 8.51. The van der Waals surface area contributed by atoms with Crippen molar-refractivity contribution in [2.75, 3.05) is 0 Å². The van der Waals surface area contributed by atoms with E-state index in [1.807, 2.05) is 24.4 Å². The second-order valence-corrected chi connectivity index (χ2v) is 6.20. The zero-order valence-electron chi connectivity index (χ0n) is 13.1. The molecule has 3 aromatic heterocycles. The van der Waals surface area contributed by atoms with Crippen LogP contribution in [0.1, 0.15) is 16.1 Å². The first-order valence-corrected chi connectivity index (χ1v) is 8.13. The van der Waals surface area contributed by atoms with E-state index in [1.54, 1.807) is 23.5 Å². The molecule has 0 N–H and O–H groups in total. The number of aromatic nitrogens is 2. The van der Waals surface area contributed by atoms with Gasteiger partial charge in [0.1, 0.15) is 18.1 Å². The lowest BCUT2D eigenvalue weighted by molar-refractivity contribution is -0.141. The molecule has 0 unspecified atom stereocenters. The highest BCUT2D eigenvalue weighted by Crippen LogP contribution is 2.31. The van der Waals surface area contributed by atoms with Gasteiger partial charge in [0, 0.05) is 29.3 Å². The molecule has 0 bridgehead atoms. The smallest absolute Gasteiger partial charge is 0.433 e. The number of halogens is 3. The van der Waals surface area contributed by atoms with Crippen molar-refractivity contribution < 1.29 is 22.6 Å². The summed E-state index contributed by atoms with van der Waals surface area (Å²) in [5, 5.41) is 1.94. The lowest BCUT2D eigenvalue weighted by atomic mass is 10.3. The summed E-state index contributed by atoms with van der Waals surface area (Å²) < 4.78 is 49.2. The normalized spacial score (nSPS) is 11.4. The topological polar surface area (TPSA) is 44.2 Å². The summed E-state index contributed by atoms with van der Waals surface area (Å²) in [5.41, 5.74) is -0.205. The maximum Gasteiger partial charge on any atom is 0.433 e. The van der Waals surface area contributed by atoms with Crippen LogP contribution in [-0.2, 0) is 12.8 Å². The zero-order valence-corrected chi connectivity index (χ0v) is 13.9. The fourth-order valence-electron chi connectivity index (χ4n) is 2.02. The van der Waals surface area contributed by atoms with Gasteiger partial charge >= 0.3 is 6.18 Å². The number of hydrogen-bond acceptors (Lipinski definition) is 5. The van der Waals surface area contributed by atoms with Gasteiger partial charge in [0.05, 0.1) is 0 Å². The third-order valence-corrected chi connectivity index (χ3v) is 3.96. The highest BCUT2D eigenvalue weighted by molar-refractivity contribution is 7.09. The monoisotopic (exact) mass is 366 g/mol. The van der Waals surface area contributed by atoms with Crippen LogP contribution in [-0.4, -0.2) is 9.97 Å². The van der Waals surface area contributed by atoms with Crippen molar-refractivity contribution in [2.45, 2.75) is 19.7 Å². The molecule has 0 saturated carbocycles. The van der Waals surface area contributed by atoms with Crippen molar-refractivity contribution in [1.82, 2.24) is 9.97 Å². The number of rotatable bonds is 5. The van der Waals surface area contributed by atoms with E-state index in [2.05, 4.69) is 9.97 Å². The molecule has 3 heterocycles. The predicted octanol–water partition coefficient (Wildman–Crippen LogP) is 5.24. The number of thiophene rings is 1. The Morgan fingerprint density at radius 2 is 1.92 bits per heavy atom. The molecule has 0 atom stereocenters. The van der Waals surface area contributed by atoms with Crippen LogP contribution in [0.4, 0.5) is 13.2 Å². The van der Waals surface area contributed by atoms with Crippen molar-refractivity contribution >= 4 is 11.3 Å². The van der Waals surface area contributed by atoms with Crippen LogP contribution in [0, 0.1) is 6.92 Å². The molecule has 3 rings (SSSR count). The molecule has 130 valence electrons. The van der Waals surface area contributed by atoms with Gasteiger partial charge in [-0.3, -0.25) is 4.98 Å². The maximum absolute atomic E-state index is 12.7. The molecule has 0 aliphatic heterocycles. The van der Waals surface area contributed by atoms with Gasteiger partial charge in [0.15, 0.2) is 0 Å². The highest BCUT2D eigenvalue weighted by Gasteiger charge is 2.32. The Morgan fingerprint density at radius 1 is 1.12 bits per heavy atom. The largest absolute Gasteiger partial charge is 0.472 e. The van der Waals surface area contributed by atoms with E-state index in [0.29, 0.717) is 12.5 Å². The fourth-order valence-corrected chi connectivity index (χ4v) is 2.64. The first-order valence-electron chi connectivity index (χ1n) is 7.25. The summed E-state index contributed by atoms with van der Waals surface area (Å²) in [6.07, 6.45) is -3.49. The van der Waals surface area contributed by atoms with Crippen LogP contribution in [0.25, 0.3) is 0 Å². The molecular weight excluding hydrogens is 353 g/mol. The fraction of sp³-hybridized carbons (Fsp3) is 0.176. The van der Waals surface area contributed by atoms with Gasteiger partial charge in [-0.05, 0) is 30.0 Å². The van der Waals surface area contributed by atoms with E-state index in [0.717, 1.165) is 22.7 Å². The third kappa shape index (κ3) is 4.69. The molecule has 0 amide bonds. The van der Waals surface area contributed by atoms with Gasteiger partial charge in [-0.25, -0.2) is 0 Å². The van der Waals surface area contributed by atoms with Crippen LogP contribution < -0.4 is 9.47 Å². The van der Waals surface area contributed by atoms with Gasteiger partial charge in [0.2, 0.25) is 11.8 Å². The molecule has 25 heavy (non-hydrogen) atoms. The van der Waals surface area contributed by atoms with Gasteiger partial charge in [0.25, 0.3) is 0 Å². The Balaban J connectivity index is 1.76. The molecular formula is C17H13F3N2O2S. The first kappa shape index (κ1) is 17.2. The lowest BCUT2D eigenvalue weighted by Crippen LogP contribution is -2.07. The van der Waals surface area contributed by atoms with Crippen LogP contribution in [0.15, 0.2) is 48.0 Å². The third-order valence-electron chi connectivity index (χ3n) is 3.11. The van der Waals surface area contributed by atoms with E-state index >= 15 is 0 Å². The summed E-state index contributed by atoms with van der Waals surface area (Å²) in [6, 6.07) is 9.37. The summed E-state index contributed by atoms with van der Waals surface area (Å²) in [7, 11) is 0. The molecule has 0 aliphatic carbocycles. The molecule has 0 aliphatic rings. The number of ether oxygens (including phenoxy) is 2. The van der Waals surface area contributed by atoms with Crippen molar-refractivity contribution in [3.63, 3.8) is 0 Å². The quantitative estimate of drug-likeness (QED) is 0.620. The van der Waals surface area contributed by atoms with E-state index in [-0.39, 0.29) is 11.6 Å². The van der Waals surface area contributed by atoms with Crippen molar-refractivity contribution in [3.8, 4) is 17.5 Å². The molecule has 8 heteroatoms. The van der Waals surface area contributed by atoms with Crippen LogP contribution in [0.3, 0.4) is 0 Å². The van der Waals surface area contributed by atoms with E-state index in [4.69, 9.17) is 9.47 Å². The van der Waals surface area contributed by atoms with Crippen molar-refractivity contribution in [1.29, 1.82) is 0 Å². The van der Waals surface area contributed by atoms with E-state index < -0.39 is 11.9 Å². The molecule has 0 radical (unpaired) electrons. The maximum atomic E-state index is 12.7. The van der Waals surface area contributed by atoms with Crippen LogP contribution in [0.5, 0.6) is 17.5 Å². The number of alkyl halides is 3. The average Bonchev–Trinajstić information content (AvgIpc) is 3.05. The number of pyridine rings is 2. The van der Waals surface area contributed by atoms with E-state index in [9.17, 15) is 13.2 Å². The lowest BCUT2D eigenvalue weighted by Gasteiger charge is -2.10. The van der Waals surface area contributed by atoms with Crippen LogP contribution >= 0.6 is 11.3 Å². The number of hydrogen-bond donors (Lipinski definition) is 0. The second-order valence-electron chi connectivity index (χ2n) is 5.17. The standard InChI is InChI=1S/C17H13F3N2O2S/c1-11-7-15(23-10-13-3-2-6-25-13)22-16(8-11)24-12-4-5-21-14(9-12)17(18,19)20/h2-9H,10H2,1H3. The van der Waals surface area contributed by atoms with Gasteiger partial charge < -0.3 is 9.47 Å². The Hall–Kier alpha value is -2.61. The first-order chi connectivity index (χ1) is 11.9. The molecule has 4 nitrogen and oxygen atoms in total. The van der Waals surface area contributed by atoms with Crippen molar-refractivity contribution in [2.24, 2.45) is 0 Å². The summed E-state index contributed by atoms with van der Waals surface area (Å²) >= 11 is 1.56. The second kappa shape index (κ2) is 7.10. The van der Waals surface area contributed by atoms with Gasteiger partial charge in [-0.2, -0.15) is 18.2 Å². The average molecular weight is 366 g/mol. The van der Waals surface area contributed by atoms with E-state index in [1.165, 1.54) is 6.07 Å². The predicted molar refractivity (Wildman–Crippen MR) is 86.9 cm³/mol. The zero-order chi connectivity index (χ0) is 17.9. The minimum Gasteiger partial charge on any atom is -0.472 e.